The fraction of sp³-hybridized carbons (Fsp3) is 0.250. The second-order valence-electron chi connectivity index (χ2n) is 3.04. The topological polar surface area (TPSA) is 76.5 Å². The summed E-state index contributed by atoms with van der Waals surface area (Å²) in [4.78, 5) is 17.9. The summed E-state index contributed by atoms with van der Waals surface area (Å²) in [5, 5.41) is 9.17. The minimum absolute atomic E-state index is 0.212. The van der Waals surface area contributed by atoms with Crippen LogP contribution in [0.4, 0.5) is 0 Å². The van der Waals surface area contributed by atoms with E-state index < -0.39 is 0 Å². The number of nitrogens with one attached hydrogen (secondary N) is 1. The highest BCUT2D eigenvalue weighted by atomic mass is 79.9. The van der Waals surface area contributed by atoms with Crippen molar-refractivity contribution in [1.29, 1.82) is 0 Å². The lowest BCUT2D eigenvalue weighted by Gasteiger charge is -2.01. The largest absolute Gasteiger partial charge is 0.312 e. The van der Waals surface area contributed by atoms with Crippen molar-refractivity contribution in [3.8, 4) is 0 Å². The Morgan fingerprint density at radius 3 is 2.88 bits per heavy atom. The van der Waals surface area contributed by atoms with Gasteiger partial charge in [0.25, 0.3) is 5.56 Å². The van der Waals surface area contributed by atoms with E-state index >= 15 is 0 Å². The average Bonchev–Trinajstić information content (AvgIpc) is 2.57. The van der Waals surface area contributed by atoms with Gasteiger partial charge in [-0.25, -0.2) is 4.98 Å². The van der Waals surface area contributed by atoms with E-state index in [1.807, 2.05) is 18.5 Å². The molecule has 0 aromatic carbocycles. The Kier molecular flexibility index (Phi) is 3.10. The van der Waals surface area contributed by atoms with E-state index in [0.29, 0.717) is 14.7 Å². The van der Waals surface area contributed by atoms with Gasteiger partial charge in [0.05, 0.1) is 6.33 Å². The van der Waals surface area contributed by atoms with Crippen LogP contribution in [0.2, 0.25) is 0 Å². The molecule has 0 aliphatic carbocycles. The second kappa shape index (κ2) is 4.38. The maximum absolute atomic E-state index is 11.3. The quantitative estimate of drug-likeness (QED) is 0.841. The van der Waals surface area contributed by atoms with Crippen molar-refractivity contribution >= 4 is 27.7 Å². The number of aryl methyl sites for hydroxylation is 1. The van der Waals surface area contributed by atoms with Gasteiger partial charge >= 0.3 is 0 Å². The first kappa shape index (κ1) is 11.3. The molecular formula is C8H8BrN5OS. The monoisotopic (exact) mass is 301 g/mol. The van der Waals surface area contributed by atoms with Crippen molar-refractivity contribution in [2.24, 2.45) is 7.05 Å². The summed E-state index contributed by atoms with van der Waals surface area (Å²) in [6.07, 6.45) is 1.36. The van der Waals surface area contributed by atoms with Crippen LogP contribution < -0.4 is 5.56 Å². The van der Waals surface area contributed by atoms with Gasteiger partial charge in [0.15, 0.2) is 5.16 Å². The molecule has 0 spiro atoms. The summed E-state index contributed by atoms with van der Waals surface area (Å²) in [5.41, 5.74) is -0.212. The first-order valence-electron chi connectivity index (χ1n) is 4.36. The number of aromatic amines is 1. The Balaban J connectivity index is 2.38. The lowest BCUT2D eigenvalue weighted by molar-refractivity contribution is 0.763. The molecule has 0 fully saturated rings. The zero-order valence-corrected chi connectivity index (χ0v) is 11.0. The zero-order valence-electron chi connectivity index (χ0n) is 8.56. The third-order valence-electron chi connectivity index (χ3n) is 2.01. The molecule has 0 saturated carbocycles. The number of hydrogen-bond donors (Lipinski definition) is 1. The standard InChI is InChI=1S/C8H8BrN5OS/c1-4-12-13-8(14(4)2)16-7-5(9)6(15)10-3-11-7/h3H,1-2H3,(H,10,11,15). The highest BCUT2D eigenvalue weighted by molar-refractivity contribution is 9.10. The van der Waals surface area contributed by atoms with Gasteiger partial charge in [0.1, 0.15) is 15.3 Å². The van der Waals surface area contributed by atoms with E-state index in [1.165, 1.54) is 18.1 Å². The number of H-pyrrole nitrogens is 1. The summed E-state index contributed by atoms with van der Waals surface area (Å²) in [5.74, 6) is 0.809. The molecule has 1 N–H and O–H groups in total. The Morgan fingerprint density at radius 2 is 2.25 bits per heavy atom. The number of halogens is 1. The van der Waals surface area contributed by atoms with Crippen molar-refractivity contribution in [1.82, 2.24) is 24.7 Å². The first-order chi connectivity index (χ1) is 7.59. The van der Waals surface area contributed by atoms with Crippen LogP contribution in [0.1, 0.15) is 5.82 Å². The summed E-state index contributed by atoms with van der Waals surface area (Å²) >= 11 is 4.47. The van der Waals surface area contributed by atoms with Gasteiger partial charge < -0.3 is 9.55 Å². The maximum atomic E-state index is 11.3. The maximum Gasteiger partial charge on any atom is 0.266 e. The SMILES string of the molecule is Cc1nnc(Sc2nc[nH]c(=O)c2Br)n1C. The van der Waals surface area contributed by atoms with Crippen LogP contribution in [0.15, 0.2) is 25.8 Å². The van der Waals surface area contributed by atoms with Crippen LogP contribution in [0.5, 0.6) is 0 Å². The predicted molar refractivity (Wildman–Crippen MR) is 62.4 cm³/mol. The number of rotatable bonds is 2. The van der Waals surface area contributed by atoms with Crippen molar-refractivity contribution in [3.63, 3.8) is 0 Å². The van der Waals surface area contributed by atoms with Crippen LogP contribution in [-0.2, 0) is 7.05 Å². The van der Waals surface area contributed by atoms with Crippen molar-refractivity contribution in [2.45, 2.75) is 17.1 Å². The third-order valence-corrected chi connectivity index (χ3v) is 4.04. The molecule has 0 aliphatic heterocycles. The molecule has 0 aliphatic rings. The van der Waals surface area contributed by atoms with Crippen LogP contribution in [-0.4, -0.2) is 24.7 Å². The molecule has 0 atom stereocenters. The molecule has 6 nitrogen and oxygen atoms in total. The minimum atomic E-state index is -0.212. The Hall–Kier alpha value is -1.15. The van der Waals surface area contributed by atoms with Gasteiger partial charge in [-0.15, -0.1) is 10.2 Å². The highest BCUT2D eigenvalue weighted by Gasteiger charge is 2.12. The first-order valence-corrected chi connectivity index (χ1v) is 5.97. The average molecular weight is 302 g/mol. The van der Waals surface area contributed by atoms with Gasteiger partial charge in [0, 0.05) is 7.05 Å². The Bertz CT molecular complexity index is 578. The molecule has 0 bridgehead atoms. The molecule has 2 rings (SSSR count). The van der Waals surface area contributed by atoms with Crippen molar-refractivity contribution < 1.29 is 0 Å². The normalized spacial score (nSPS) is 10.7. The fourth-order valence-electron chi connectivity index (χ4n) is 1.00. The van der Waals surface area contributed by atoms with Crippen LogP contribution in [0.25, 0.3) is 0 Å². The smallest absolute Gasteiger partial charge is 0.266 e. The second-order valence-corrected chi connectivity index (χ2v) is 4.79. The van der Waals surface area contributed by atoms with E-state index in [0.717, 1.165) is 5.82 Å². The molecule has 0 saturated heterocycles. The fourth-order valence-corrected chi connectivity index (χ4v) is 2.27. The van der Waals surface area contributed by atoms with Crippen LogP contribution in [0, 0.1) is 6.92 Å². The van der Waals surface area contributed by atoms with E-state index in [1.54, 1.807) is 0 Å². The molecule has 2 aromatic rings. The predicted octanol–water partition coefficient (Wildman–Crippen LogP) is 1.12. The summed E-state index contributed by atoms with van der Waals surface area (Å²) in [7, 11) is 1.86. The molecule has 0 amide bonds. The third kappa shape index (κ3) is 2.03. The minimum Gasteiger partial charge on any atom is -0.312 e. The zero-order chi connectivity index (χ0) is 11.7. The van der Waals surface area contributed by atoms with Gasteiger partial charge in [-0.1, -0.05) is 0 Å². The van der Waals surface area contributed by atoms with Crippen LogP contribution >= 0.6 is 27.7 Å². The Labute approximate surface area is 104 Å². The summed E-state index contributed by atoms with van der Waals surface area (Å²) in [6, 6.07) is 0. The molecule has 16 heavy (non-hydrogen) atoms. The number of hydrogen-bond acceptors (Lipinski definition) is 5. The number of aromatic nitrogens is 5. The van der Waals surface area contributed by atoms with E-state index in [-0.39, 0.29) is 5.56 Å². The van der Waals surface area contributed by atoms with Gasteiger partial charge in [0.2, 0.25) is 0 Å². The van der Waals surface area contributed by atoms with Gasteiger partial charge in [-0.2, -0.15) is 0 Å². The van der Waals surface area contributed by atoms with E-state index in [2.05, 4.69) is 36.1 Å². The lowest BCUT2D eigenvalue weighted by Crippen LogP contribution is -2.08. The van der Waals surface area contributed by atoms with E-state index in [4.69, 9.17) is 0 Å². The van der Waals surface area contributed by atoms with Crippen molar-refractivity contribution in [3.05, 3.63) is 27.0 Å². The van der Waals surface area contributed by atoms with Gasteiger partial charge in [-0.05, 0) is 34.6 Å². The Morgan fingerprint density at radius 1 is 1.50 bits per heavy atom. The van der Waals surface area contributed by atoms with Crippen LogP contribution in [0.3, 0.4) is 0 Å². The summed E-state index contributed by atoms with van der Waals surface area (Å²) < 4.78 is 2.24. The molecule has 2 aromatic heterocycles. The van der Waals surface area contributed by atoms with Gasteiger partial charge in [-0.3, -0.25) is 4.79 Å². The number of nitrogens with zero attached hydrogens (tertiary/aromatic N) is 4. The molecule has 8 heteroatoms. The molecule has 84 valence electrons. The molecule has 0 radical (unpaired) electrons. The molecule has 0 unspecified atom stereocenters. The molecular weight excluding hydrogens is 294 g/mol. The highest BCUT2D eigenvalue weighted by Crippen LogP contribution is 2.27. The van der Waals surface area contributed by atoms with E-state index in [9.17, 15) is 4.79 Å². The molecule has 2 heterocycles. The summed E-state index contributed by atoms with van der Waals surface area (Å²) in [6.45, 7) is 1.86. The lowest BCUT2D eigenvalue weighted by atomic mass is 10.7. The van der Waals surface area contributed by atoms with Crippen molar-refractivity contribution in [2.75, 3.05) is 0 Å².